The number of hydrogen-bond donors (Lipinski definition) is 1. The highest BCUT2D eigenvalue weighted by atomic mass is 14.7. The minimum atomic E-state index is 0.535. The molecule has 0 heterocycles. The smallest absolute Gasteiger partial charge is 0.00982 e. The van der Waals surface area contributed by atoms with E-state index < -0.39 is 0 Å². The van der Waals surface area contributed by atoms with Gasteiger partial charge in [-0.3, -0.25) is 0 Å². The molecule has 3 unspecified atom stereocenters. The zero-order chi connectivity index (χ0) is 9.26. The third kappa shape index (κ3) is 2.25. The van der Waals surface area contributed by atoms with Crippen LogP contribution >= 0.6 is 0 Å². The largest absolute Gasteiger partial charge is 0.327 e. The van der Waals surface area contributed by atoms with Crippen molar-refractivity contribution in [2.24, 2.45) is 23.5 Å². The summed E-state index contributed by atoms with van der Waals surface area (Å²) in [6.45, 7) is 2.35. The van der Waals surface area contributed by atoms with Gasteiger partial charge in [0.05, 0.1) is 0 Å². The van der Waals surface area contributed by atoms with Crippen molar-refractivity contribution < 1.29 is 0 Å². The van der Waals surface area contributed by atoms with Crippen molar-refractivity contribution in [1.29, 1.82) is 0 Å². The van der Waals surface area contributed by atoms with Gasteiger partial charge in [-0.05, 0) is 37.0 Å². The fourth-order valence-corrected chi connectivity index (χ4v) is 2.93. The highest BCUT2D eigenvalue weighted by Crippen LogP contribution is 2.44. The molecule has 0 radical (unpaired) electrons. The zero-order valence-corrected chi connectivity index (χ0v) is 8.84. The maximum Gasteiger partial charge on any atom is 0.00982 e. The van der Waals surface area contributed by atoms with Gasteiger partial charge >= 0.3 is 0 Å². The average Bonchev–Trinajstić information content (AvgIpc) is 2.86. The number of nitrogens with two attached hydrogens (primary N) is 1. The standard InChI is InChI=1S/C12H23N/c1-9-8-11(9)12(13)10-6-4-2-3-5-7-10/h9-12H,2-8,13H2,1H3. The van der Waals surface area contributed by atoms with Gasteiger partial charge < -0.3 is 5.73 Å². The fourth-order valence-electron chi connectivity index (χ4n) is 2.93. The molecule has 2 aliphatic rings. The molecule has 2 saturated carbocycles. The summed E-state index contributed by atoms with van der Waals surface area (Å²) >= 11 is 0. The van der Waals surface area contributed by atoms with Crippen LogP contribution < -0.4 is 5.73 Å². The average molecular weight is 181 g/mol. The Balaban J connectivity index is 1.83. The first kappa shape index (κ1) is 9.51. The second-order valence-electron chi connectivity index (χ2n) is 5.21. The van der Waals surface area contributed by atoms with E-state index in [1.54, 1.807) is 0 Å². The molecule has 2 N–H and O–H groups in total. The van der Waals surface area contributed by atoms with Crippen LogP contribution in [0.25, 0.3) is 0 Å². The highest BCUT2D eigenvalue weighted by molar-refractivity contribution is 4.94. The molecule has 0 aromatic rings. The predicted octanol–water partition coefficient (Wildman–Crippen LogP) is 2.94. The van der Waals surface area contributed by atoms with E-state index in [1.165, 1.54) is 44.9 Å². The van der Waals surface area contributed by atoms with Gasteiger partial charge in [0.1, 0.15) is 0 Å². The second-order valence-corrected chi connectivity index (χ2v) is 5.21. The molecule has 3 atom stereocenters. The first-order valence-corrected chi connectivity index (χ1v) is 6.04. The van der Waals surface area contributed by atoms with Gasteiger partial charge in [0.15, 0.2) is 0 Å². The van der Waals surface area contributed by atoms with Crippen LogP contribution in [-0.4, -0.2) is 6.04 Å². The Morgan fingerprint density at radius 2 is 1.62 bits per heavy atom. The molecule has 1 nitrogen and oxygen atoms in total. The van der Waals surface area contributed by atoms with Gasteiger partial charge in [-0.2, -0.15) is 0 Å². The summed E-state index contributed by atoms with van der Waals surface area (Å²) in [7, 11) is 0. The zero-order valence-electron chi connectivity index (χ0n) is 8.84. The van der Waals surface area contributed by atoms with Crippen molar-refractivity contribution in [3.05, 3.63) is 0 Å². The summed E-state index contributed by atoms with van der Waals surface area (Å²) in [6.07, 6.45) is 9.97. The summed E-state index contributed by atoms with van der Waals surface area (Å²) < 4.78 is 0. The van der Waals surface area contributed by atoms with Gasteiger partial charge in [-0.25, -0.2) is 0 Å². The van der Waals surface area contributed by atoms with E-state index in [-0.39, 0.29) is 0 Å². The molecule has 0 spiro atoms. The maximum absolute atomic E-state index is 6.31. The minimum absolute atomic E-state index is 0.535. The van der Waals surface area contributed by atoms with E-state index in [2.05, 4.69) is 6.92 Å². The lowest BCUT2D eigenvalue weighted by Crippen LogP contribution is -2.32. The summed E-state index contributed by atoms with van der Waals surface area (Å²) in [5.74, 6) is 2.67. The molecule has 76 valence electrons. The van der Waals surface area contributed by atoms with Gasteiger partial charge in [-0.15, -0.1) is 0 Å². The lowest BCUT2D eigenvalue weighted by Gasteiger charge is -2.22. The van der Waals surface area contributed by atoms with E-state index in [1.807, 2.05) is 0 Å². The molecular weight excluding hydrogens is 158 g/mol. The monoisotopic (exact) mass is 181 g/mol. The first-order valence-electron chi connectivity index (χ1n) is 6.04. The Labute approximate surface area is 82.1 Å². The Bertz CT molecular complexity index is 159. The summed E-state index contributed by atoms with van der Waals surface area (Å²) in [4.78, 5) is 0. The molecule has 1 heteroatoms. The number of rotatable bonds is 2. The van der Waals surface area contributed by atoms with Crippen molar-refractivity contribution >= 4 is 0 Å². The van der Waals surface area contributed by atoms with Crippen LogP contribution in [0.4, 0.5) is 0 Å². The fraction of sp³-hybridized carbons (Fsp3) is 1.00. The highest BCUT2D eigenvalue weighted by Gasteiger charge is 2.40. The van der Waals surface area contributed by atoms with Crippen LogP contribution in [-0.2, 0) is 0 Å². The molecule has 0 amide bonds. The van der Waals surface area contributed by atoms with Gasteiger partial charge in [-0.1, -0.05) is 32.6 Å². The second kappa shape index (κ2) is 4.00. The summed E-state index contributed by atoms with van der Waals surface area (Å²) in [6, 6.07) is 0.535. The lowest BCUT2D eigenvalue weighted by molar-refractivity contribution is 0.338. The van der Waals surface area contributed by atoms with Gasteiger partial charge in [0, 0.05) is 6.04 Å². The Morgan fingerprint density at radius 1 is 1.08 bits per heavy atom. The number of hydrogen-bond acceptors (Lipinski definition) is 1. The van der Waals surface area contributed by atoms with E-state index >= 15 is 0 Å². The quantitative estimate of drug-likeness (QED) is 0.651. The summed E-state index contributed by atoms with van der Waals surface area (Å²) in [5.41, 5.74) is 6.31. The van der Waals surface area contributed by atoms with Crippen LogP contribution in [0.2, 0.25) is 0 Å². The SMILES string of the molecule is CC1CC1C(N)C1CCCCCC1. The summed E-state index contributed by atoms with van der Waals surface area (Å²) in [5, 5.41) is 0. The molecule has 13 heavy (non-hydrogen) atoms. The third-order valence-electron chi connectivity index (χ3n) is 4.11. The Kier molecular flexibility index (Phi) is 2.92. The minimum Gasteiger partial charge on any atom is -0.327 e. The maximum atomic E-state index is 6.31. The first-order chi connectivity index (χ1) is 6.29. The molecule has 0 saturated heterocycles. The Morgan fingerprint density at radius 3 is 2.08 bits per heavy atom. The molecule has 0 aromatic carbocycles. The molecule has 0 bridgehead atoms. The van der Waals surface area contributed by atoms with Crippen LogP contribution in [0.1, 0.15) is 51.9 Å². The van der Waals surface area contributed by atoms with Crippen LogP contribution in [0.3, 0.4) is 0 Å². The molecule has 2 aliphatic carbocycles. The van der Waals surface area contributed by atoms with Crippen molar-refractivity contribution in [2.75, 3.05) is 0 Å². The molecule has 2 fully saturated rings. The van der Waals surface area contributed by atoms with E-state index in [0.29, 0.717) is 6.04 Å². The molecule has 0 aliphatic heterocycles. The van der Waals surface area contributed by atoms with E-state index in [9.17, 15) is 0 Å². The lowest BCUT2D eigenvalue weighted by atomic mass is 9.89. The molecular formula is C12H23N. The van der Waals surface area contributed by atoms with Crippen LogP contribution in [0.5, 0.6) is 0 Å². The topological polar surface area (TPSA) is 26.0 Å². The third-order valence-corrected chi connectivity index (χ3v) is 4.11. The van der Waals surface area contributed by atoms with E-state index in [4.69, 9.17) is 5.73 Å². The predicted molar refractivity (Wildman–Crippen MR) is 56.4 cm³/mol. The molecule has 0 aromatic heterocycles. The normalized spacial score (nSPS) is 38.3. The van der Waals surface area contributed by atoms with Crippen molar-refractivity contribution in [2.45, 2.75) is 57.9 Å². The molecule has 2 rings (SSSR count). The van der Waals surface area contributed by atoms with Crippen LogP contribution in [0, 0.1) is 17.8 Å². The van der Waals surface area contributed by atoms with Crippen molar-refractivity contribution in [3.63, 3.8) is 0 Å². The van der Waals surface area contributed by atoms with Gasteiger partial charge in [0.25, 0.3) is 0 Å². The van der Waals surface area contributed by atoms with E-state index in [0.717, 1.165) is 17.8 Å². The van der Waals surface area contributed by atoms with Crippen molar-refractivity contribution in [1.82, 2.24) is 0 Å². The van der Waals surface area contributed by atoms with Crippen molar-refractivity contribution in [3.8, 4) is 0 Å². The Hall–Kier alpha value is -0.0400. The van der Waals surface area contributed by atoms with Crippen LogP contribution in [0.15, 0.2) is 0 Å². The van der Waals surface area contributed by atoms with Gasteiger partial charge in [0.2, 0.25) is 0 Å².